The average molecular weight is 208 g/mol. The second-order valence-electron chi connectivity index (χ2n) is 3.51. The van der Waals surface area contributed by atoms with Gasteiger partial charge in [-0.3, -0.25) is 9.78 Å². The predicted molar refractivity (Wildman–Crippen MR) is 57.4 cm³/mol. The van der Waals surface area contributed by atoms with Gasteiger partial charge in [0.1, 0.15) is 0 Å². The van der Waals surface area contributed by atoms with Gasteiger partial charge in [0.2, 0.25) is 0 Å². The Balaban J connectivity index is 2.78. The van der Waals surface area contributed by atoms with E-state index in [1.165, 1.54) is 7.11 Å². The fourth-order valence-electron chi connectivity index (χ4n) is 1.42. The molecule has 1 atom stereocenters. The van der Waals surface area contributed by atoms with Gasteiger partial charge in [0.25, 0.3) is 0 Å². The molecule has 4 heteroatoms. The summed E-state index contributed by atoms with van der Waals surface area (Å²) >= 11 is 0. The predicted octanol–water partition coefficient (Wildman–Crippen LogP) is 0.995. The molecule has 2 N–H and O–H groups in total. The van der Waals surface area contributed by atoms with E-state index in [4.69, 9.17) is 5.73 Å². The van der Waals surface area contributed by atoms with E-state index in [1.807, 2.05) is 13.0 Å². The van der Waals surface area contributed by atoms with Gasteiger partial charge in [-0.2, -0.15) is 0 Å². The Kier molecular flexibility index (Phi) is 4.24. The molecular formula is C11H16N2O2. The molecule has 1 heterocycles. The van der Waals surface area contributed by atoms with Crippen molar-refractivity contribution in [2.24, 2.45) is 5.73 Å². The average Bonchev–Trinajstić information content (AvgIpc) is 2.25. The summed E-state index contributed by atoms with van der Waals surface area (Å²) in [5.41, 5.74) is 7.68. The molecule has 0 saturated carbocycles. The van der Waals surface area contributed by atoms with Gasteiger partial charge in [-0.25, -0.2) is 0 Å². The lowest BCUT2D eigenvalue weighted by Gasteiger charge is -2.13. The van der Waals surface area contributed by atoms with E-state index in [-0.39, 0.29) is 11.9 Å². The highest BCUT2D eigenvalue weighted by Crippen LogP contribution is 2.18. The Bertz CT molecular complexity index is 339. The number of nitrogens with two attached hydrogens (primary N) is 1. The smallest absolute Gasteiger partial charge is 0.306 e. The van der Waals surface area contributed by atoms with E-state index < -0.39 is 0 Å². The molecular weight excluding hydrogens is 192 g/mol. The first-order valence-electron chi connectivity index (χ1n) is 4.85. The number of hydrogen-bond acceptors (Lipinski definition) is 4. The van der Waals surface area contributed by atoms with Crippen LogP contribution in [0, 0.1) is 6.92 Å². The fourth-order valence-corrected chi connectivity index (χ4v) is 1.42. The molecule has 0 aliphatic carbocycles. The minimum absolute atomic E-state index is 0.00940. The summed E-state index contributed by atoms with van der Waals surface area (Å²) in [6, 6.07) is 1.99. The number of aryl methyl sites for hydroxylation is 1. The van der Waals surface area contributed by atoms with Crippen LogP contribution in [0.4, 0.5) is 0 Å². The SMILES string of the molecule is COC(=O)CC(CN)c1cncc(C)c1. The maximum Gasteiger partial charge on any atom is 0.306 e. The molecule has 1 rings (SSSR count). The first-order valence-corrected chi connectivity index (χ1v) is 4.85. The van der Waals surface area contributed by atoms with Gasteiger partial charge in [-0.1, -0.05) is 6.07 Å². The third kappa shape index (κ3) is 3.32. The first kappa shape index (κ1) is 11.7. The number of esters is 1. The summed E-state index contributed by atoms with van der Waals surface area (Å²) in [6.45, 7) is 2.38. The van der Waals surface area contributed by atoms with E-state index in [1.54, 1.807) is 12.4 Å². The lowest BCUT2D eigenvalue weighted by atomic mass is 9.96. The van der Waals surface area contributed by atoms with Gasteiger partial charge < -0.3 is 10.5 Å². The van der Waals surface area contributed by atoms with Crippen LogP contribution in [0.1, 0.15) is 23.5 Å². The summed E-state index contributed by atoms with van der Waals surface area (Å²) in [5, 5.41) is 0. The van der Waals surface area contributed by atoms with Gasteiger partial charge in [-0.05, 0) is 24.6 Å². The van der Waals surface area contributed by atoms with Gasteiger partial charge >= 0.3 is 5.97 Å². The second-order valence-corrected chi connectivity index (χ2v) is 3.51. The van der Waals surface area contributed by atoms with Crippen molar-refractivity contribution in [1.29, 1.82) is 0 Å². The molecule has 0 aromatic carbocycles. The Morgan fingerprint density at radius 2 is 2.33 bits per heavy atom. The third-order valence-electron chi connectivity index (χ3n) is 2.29. The van der Waals surface area contributed by atoms with Crippen LogP contribution in [0.3, 0.4) is 0 Å². The maximum atomic E-state index is 11.1. The van der Waals surface area contributed by atoms with Crippen molar-refractivity contribution in [3.63, 3.8) is 0 Å². The lowest BCUT2D eigenvalue weighted by molar-refractivity contribution is -0.141. The molecule has 4 nitrogen and oxygen atoms in total. The van der Waals surface area contributed by atoms with Crippen LogP contribution in [0.25, 0.3) is 0 Å². The minimum atomic E-state index is -0.244. The van der Waals surface area contributed by atoms with Gasteiger partial charge in [0.05, 0.1) is 13.5 Å². The number of carbonyl (C=O) groups is 1. The fraction of sp³-hybridized carbons (Fsp3) is 0.455. The zero-order chi connectivity index (χ0) is 11.3. The Hall–Kier alpha value is -1.42. The number of carbonyl (C=O) groups excluding carboxylic acids is 1. The van der Waals surface area contributed by atoms with Crippen molar-refractivity contribution in [2.75, 3.05) is 13.7 Å². The Morgan fingerprint density at radius 3 is 2.87 bits per heavy atom. The summed E-state index contributed by atoms with van der Waals surface area (Å²) in [7, 11) is 1.38. The zero-order valence-electron chi connectivity index (χ0n) is 9.06. The van der Waals surface area contributed by atoms with E-state index >= 15 is 0 Å². The molecule has 15 heavy (non-hydrogen) atoms. The number of pyridine rings is 1. The normalized spacial score (nSPS) is 12.2. The molecule has 0 aliphatic heterocycles. The van der Waals surface area contributed by atoms with Crippen LogP contribution in [0.2, 0.25) is 0 Å². The summed E-state index contributed by atoms with van der Waals surface area (Å²) in [6.07, 6.45) is 3.82. The zero-order valence-corrected chi connectivity index (χ0v) is 9.06. The van der Waals surface area contributed by atoms with Crippen molar-refractivity contribution in [2.45, 2.75) is 19.3 Å². The van der Waals surface area contributed by atoms with E-state index in [0.717, 1.165) is 11.1 Å². The number of rotatable bonds is 4. The Morgan fingerprint density at radius 1 is 1.60 bits per heavy atom. The molecule has 1 unspecified atom stereocenters. The van der Waals surface area contributed by atoms with Crippen molar-refractivity contribution >= 4 is 5.97 Å². The highest BCUT2D eigenvalue weighted by Gasteiger charge is 2.15. The van der Waals surface area contributed by atoms with Crippen LogP contribution in [0.5, 0.6) is 0 Å². The monoisotopic (exact) mass is 208 g/mol. The number of aromatic nitrogens is 1. The standard InChI is InChI=1S/C11H16N2O2/c1-8-3-10(7-13-6-8)9(5-12)4-11(14)15-2/h3,6-7,9H,4-5,12H2,1-2H3. The first-order chi connectivity index (χ1) is 7.17. The molecule has 0 spiro atoms. The number of ether oxygens (including phenoxy) is 1. The molecule has 0 aliphatic rings. The van der Waals surface area contributed by atoms with Crippen molar-refractivity contribution in [3.8, 4) is 0 Å². The van der Waals surface area contributed by atoms with E-state index in [9.17, 15) is 4.79 Å². The largest absolute Gasteiger partial charge is 0.469 e. The second kappa shape index (κ2) is 5.46. The molecule has 82 valence electrons. The van der Waals surface area contributed by atoms with E-state index in [0.29, 0.717) is 13.0 Å². The summed E-state index contributed by atoms with van der Waals surface area (Å²) in [4.78, 5) is 15.2. The van der Waals surface area contributed by atoms with Crippen molar-refractivity contribution in [3.05, 3.63) is 29.6 Å². The molecule has 0 radical (unpaired) electrons. The van der Waals surface area contributed by atoms with Crippen LogP contribution >= 0.6 is 0 Å². The molecule has 0 fully saturated rings. The molecule has 0 bridgehead atoms. The van der Waals surface area contributed by atoms with Gasteiger partial charge in [0.15, 0.2) is 0 Å². The quantitative estimate of drug-likeness (QED) is 0.749. The van der Waals surface area contributed by atoms with Crippen LogP contribution in [0.15, 0.2) is 18.5 Å². The molecule has 0 amide bonds. The molecule has 0 saturated heterocycles. The summed E-state index contributed by atoms with van der Waals surface area (Å²) in [5.74, 6) is -0.253. The number of nitrogens with zero attached hydrogens (tertiary/aromatic N) is 1. The van der Waals surface area contributed by atoms with Crippen LogP contribution in [-0.4, -0.2) is 24.6 Å². The third-order valence-corrected chi connectivity index (χ3v) is 2.29. The number of methoxy groups -OCH3 is 1. The minimum Gasteiger partial charge on any atom is -0.469 e. The molecule has 1 aromatic rings. The topological polar surface area (TPSA) is 65.2 Å². The lowest BCUT2D eigenvalue weighted by Crippen LogP contribution is -2.17. The highest BCUT2D eigenvalue weighted by molar-refractivity contribution is 5.70. The van der Waals surface area contributed by atoms with Crippen molar-refractivity contribution in [1.82, 2.24) is 4.98 Å². The maximum absolute atomic E-state index is 11.1. The van der Waals surface area contributed by atoms with Gasteiger partial charge in [-0.15, -0.1) is 0 Å². The highest BCUT2D eigenvalue weighted by atomic mass is 16.5. The summed E-state index contributed by atoms with van der Waals surface area (Å²) < 4.78 is 4.62. The van der Waals surface area contributed by atoms with Gasteiger partial charge in [0, 0.05) is 18.3 Å². The van der Waals surface area contributed by atoms with Crippen LogP contribution in [-0.2, 0) is 9.53 Å². The Labute approximate surface area is 89.5 Å². The van der Waals surface area contributed by atoms with E-state index in [2.05, 4.69) is 9.72 Å². The van der Waals surface area contributed by atoms with Crippen LogP contribution < -0.4 is 5.73 Å². The molecule has 1 aromatic heterocycles. The number of hydrogen-bond donors (Lipinski definition) is 1. The van der Waals surface area contributed by atoms with Crippen molar-refractivity contribution < 1.29 is 9.53 Å².